The molecule has 2 rings (SSSR count). The first-order valence-electron chi connectivity index (χ1n) is 5.74. The van der Waals surface area contributed by atoms with Crippen LogP contribution in [0, 0.1) is 0 Å². The van der Waals surface area contributed by atoms with E-state index in [4.69, 9.17) is 11.6 Å². The van der Waals surface area contributed by atoms with Gasteiger partial charge in [-0.05, 0) is 24.1 Å². The molecule has 0 saturated heterocycles. The van der Waals surface area contributed by atoms with Gasteiger partial charge in [0, 0.05) is 10.6 Å². The Balaban J connectivity index is 2.58. The first-order valence-corrected chi connectivity index (χ1v) is 6.12. The van der Waals surface area contributed by atoms with Gasteiger partial charge in [0.15, 0.2) is 0 Å². The Labute approximate surface area is 111 Å². The highest BCUT2D eigenvalue weighted by Gasteiger charge is 2.29. The topological polar surface area (TPSA) is 40.5 Å². The molecule has 0 aliphatic rings. The Kier molecular flexibility index (Phi) is 3.71. The van der Waals surface area contributed by atoms with Crippen molar-refractivity contribution in [2.75, 3.05) is 0 Å². The summed E-state index contributed by atoms with van der Waals surface area (Å²) in [7, 11) is 0. The highest BCUT2D eigenvalue weighted by Crippen LogP contribution is 2.35. The van der Waals surface area contributed by atoms with Gasteiger partial charge in [0.2, 0.25) is 0 Å². The summed E-state index contributed by atoms with van der Waals surface area (Å²) in [5.74, 6) is 0. The Morgan fingerprint density at radius 2 is 1.56 bits per heavy atom. The van der Waals surface area contributed by atoms with Crippen LogP contribution in [0.4, 0.5) is 0 Å². The molecule has 0 bridgehead atoms. The van der Waals surface area contributed by atoms with E-state index in [-0.39, 0.29) is 6.61 Å². The van der Waals surface area contributed by atoms with Gasteiger partial charge in [0.1, 0.15) is 5.60 Å². The monoisotopic (exact) mass is 262 g/mol. The second-order valence-electron chi connectivity index (χ2n) is 4.37. The zero-order chi connectivity index (χ0) is 13.2. The zero-order valence-corrected chi connectivity index (χ0v) is 10.9. The third-order valence-corrected chi connectivity index (χ3v) is 3.44. The van der Waals surface area contributed by atoms with Crippen LogP contribution < -0.4 is 0 Å². The van der Waals surface area contributed by atoms with Crippen molar-refractivity contribution in [3.63, 3.8) is 0 Å². The lowest BCUT2D eigenvalue weighted by Gasteiger charge is -2.27. The molecule has 1 atom stereocenters. The van der Waals surface area contributed by atoms with Crippen molar-refractivity contribution in [1.29, 1.82) is 0 Å². The molecule has 2 nitrogen and oxygen atoms in total. The second-order valence-corrected chi connectivity index (χ2v) is 4.77. The fraction of sp³-hybridized carbons (Fsp3) is 0.200. The third-order valence-electron chi connectivity index (χ3n) is 3.11. The summed E-state index contributed by atoms with van der Waals surface area (Å²) >= 11 is 6.13. The summed E-state index contributed by atoms with van der Waals surface area (Å²) in [6.45, 7) is 1.57. The van der Waals surface area contributed by atoms with Crippen LogP contribution in [0.3, 0.4) is 0 Å². The number of hydrogen-bond acceptors (Lipinski definition) is 2. The fourth-order valence-corrected chi connectivity index (χ4v) is 2.45. The van der Waals surface area contributed by atoms with Crippen LogP contribution in [0.1, 0.15) is 23.6 Å². The Bertz CT molecular complexity index is 550. The van der Waals surface area contributed by atoms with Crippen molar-refractivity contribution >= 4 is 11.6 Å². The summed E-state index contributed by atoms with van der Waals surface area (Å²) < 4.78 is 0. The molecule has 0 heterocycles. The zero-order valence-electron chi connectivity index (χ0n) is 10.1. The number of hydrogen-bond donors (Lipinski definition) is 2. The van der Waals surface area contributed by atoms with E-state index in [0.29, 0.717) is 21.7 Å². The van der Waals surface area contributed by atoms with Gasteiger partial charge in [-0.1, -0.05) is 54.1 Å². The molecule has 1 unspecified atom stereocenters. The van der Waals surface area contributed by atoms with Crippen LogP contribution in [0.5, 0.6) is 0 Å². The van der Waals surface area contributed by atoms with Crippen LogP contribution in [0.2, 0.25) is 5.02 Å². The van der Waals surface area contributed by atoms with Crippen molar-refractivity contribution in [3.05, 3.63) is 70.2 Å². The van der Waals surface area contributed by atoms with E-state index in [0.717, 1.165) is 0 Å². The van der Waals surface area contributed by atoms with Gasteiger partial charge in [-0.2, -0.15) is 0 Å². The Hall–Kier alpha value is -1.35. The summed E-state index contributed by atoms with van der Waals surface area (Å²) in [6, 6.07) is 14.4. The molecule has 3 heteroatoms. The third kappa shape index (κ3) is 2.27. The summed E-state index contributed by atoms with van der Waals surface area (Å²) in [5.41, 5.74) is 0.771. The van der Waals surface area contributed by atoms with Crippen LogP contribution in [-0.4, -0.2) is 10.2 Å². The Morgan fingerprint density at radius 1 is 1.00 bits per heavy atom. The molecule has 0 aliphatic carbocycles. The van der Waals surface area contributed by atoms with Crippen LogP contribution >= 0.6 is 11.6 Å². The molecule has 18 heavy (non-hydrogen) atoms. The highest BCUT2D eigenvalue weighted by atomic mass is 35.5. The normalized spacial score (nSPS) is 14.2. The largest absolute Gasteiger partial charge is 0.392 e. The van der Waals surface area contributed by atoms with Crippen molar-refractivity contribution in [2.45, 2.75) is 19.1 Å². The average Bonchev–Trinajstić information content (AvgIpc) is 2.39. The first-order chi connectivity index (χ1) is 8.57. The van der Waals surface area contributed by atoms with Crippen LogP contribution in [-0.2, 0) is 12.2 Å². The molecule has 0 amide bonds. The van der Waals surface area contributed by atoms with Crippen molar-refractivity contribution in [3.8, 4) is 0 Å². The van der Waals surface area contributed by atoms with E-state index in [2.05, 4.69) is 0 Å². The minimum absolute atomic E-state index is 0.114. The molecule has 0 radical (unpaired) electrons. The molecule has 2 N–H and O–H groups in total. The number of aliphatic hydroxyl groups excluding tert-OH is 1. The number of aliphatic hydroxyl groups is 2. The molecular formula is C15H15ClO2. The van der Waals surface area contributed by atoms with Crippen LogP contribution in [0.15, 0.2) is 48.5 Å². The molecule has 2 aromatic carbocycles. The fourth-order valence-electron chi connectivity index (χ4n) is 2.13. The molecule has 2 aromatic rings. The lowest BCUT2D eigenvalue weighted by molar-refractivity contribution is 0.0994. The molecule has 0 fully saturated rings. The minimum Gasteiger partial charge on any atom is -0.392 e. The first kappa shape index (κ1) is 13.1. The lowest BCUT2D eigenvalue weighted by Crippen LogP contribution is -2.25. The van der Waals surface area contributed by atoms with Gasteiger partial charge in [0.25, 0.3) is 0 Å². The highest BCUT2D eigenvalue weighted by molar-refractivity contribution is 6.31. The summed E-state index contributed by atoms with van der Waals surface area (Å²) in [6.07, 6.45) is 0. The SMILES string of the molecule is CC(O)(c1ccccc1Cl)c1ccccc1CO. The lowest BCUT2D eigenvalue weighted by atomic mass is 9.85. The van der Waals surface area contributed by atoms with E-state index in [1.807, 2.05) is 24.3 Å². The standard InChI is InChI=1S/C15H15ClO2/c1-15(18,13-8-4-5-9-14(13)16)12-7-3-2-6-11(12)10-17/h2-9,17-18H,10H2,1H3. The second kappa shape index (κ2) is 5.11. The molecule has 94 valence electrons. The van der Waals surface area contributed by atoms with Gasteiger partial charge in [-0.25, -0.2) is 0 Å². The molecule has 0 aliphatic heterocycles. The van der Waals surface area contributed by atoms with Crippen molar-refractivity contribution in [2.24, 2.45) is 0 Å². The molecule has 0 aromatic heterocycles. The van der Waals surface area contributed by atoms with Crippen LogP contribution in [0.25, 0.3) is 0 Å². The van der Waals surface area contributed by atoms with Gasteiger partial charge >= 0.3 is 0 Å². The average molecular weight is 263 g/mol. The quantitative estimate of drug-likeness (QED) is 0.892. The van der Waals surface area contributed by atoms with Crippen molar-refractivity contribution < 1.29 is 10.2 Å². The maximum atomic E-state index is 10.8. The molecule has 0 saturated carbocycles. The van der Waals surface area contributed by atoms with Gasteiger partial charge in [-0.15, -0.1) is 0 Å². The van der Waals surface area contributed by atoms with Gasteiger partial charge in [0.05, 0.1) is 6.61 Å². The van der Waals surface area contributed by atoms with Crippen molar-refractivity contribution in [1.82, 2.24) is 0 Å². The van der Waals surface area contributed by atoms with E-state index >= 15 is 0 Å². The van der Waals surface area contributed by atoms with E-state index in [9.17, 15) is 10.2 Å². The summed E-state index contributed by atoms with van der Waals surface area (Å²) in [4.78, 5) is 0. The minimum atomic E-state index is -1.22. The van der Waals surface area contributed by atoms with Gasteiger partial charge in [-0.3, -0.25) is 0 Å². The summed E-state index contributed by atoms with van der Waals surface area (Å²) in [5, 5.41) is 20.6. The van der Waals surface area contributed by atoms with E-state index in [1.54, 1.807) is 31.2 Å². The Morgan fingerprint density at radius 3 is 2.17 bits per heavy atom. The maximum absolute atomic E-state index is 10.8. The van der Waals surface area contributed by atoms with Gasteiger partial charge < -0.3 is 10.2 Å². The molecule has 0 spiro atoms. The van der Waals surface area contributed by atoms with E-state index in [1.165, 1.54) is 0 Å². The number of rotatable bonds is 3. The number of benzene rings is 2. The smallest absolute Gasteiger partial charge is 0.114 e. The number of halogens is 1. The predicted molar refractivity (Wildman–Crippen MR) is 72.5 cm³/mol. The van der Waals surface area contributed by atoms with E-state index < -0.39 is 5.60 Å². The maximum Gasteiger partial charge on any atom is 0.114 e. The molecular weight excluding hydrogens is 248 g/mol. The predicted octanol–water partition coefficient (Wildman–Crippen LogP) is 3.09.